The molecular weight excluding hydrogens is 374 g/mol. The minimum atomic E-state index is 0.225. The van der Waals surface area contributed by atoms with Crippen LogP contribution in [0.15, 0.2) is 45.2 Å². The molecule has 5 nitrogen and oxygen atoms in total. The highest BCUT2D eigenvalue weighted by atomic mass is 32.2. The maximum absolute atomic E-state index is 5.21. The van der Waals surface area contributed by atoms with Gasteiger partial charge in [-0.05, 0) is 37.7 Å². The normalized spacial score (nSPS) is 23.4. The lowest BCUT2D eigenvalue weighted by Gasteiger charge is -2.26. The van der Waals surface area contributed by atoms with E-state index in [1.54, 1.807) is 22.9 Å². The van der Waals surface area contributed by atoms with Gasteiger partial charge in [-0.3, -0.25) is 9.39 Å². The molecular formula is C20H23N5S2. The molecule has 0 N–H and O–H groups in total. The summed E-state index contributed by atoms with van der Waals surface area (Å²) >= 11 is 3.47. The van der Waals surface area contributed by atoms with Gasteiger partial charge in [0.15, 0.2) is 10.8 Å². The zero-order chi connectivity index (χ0) is 18.4. The molecule has 7 heteroatoms. The van der Waals surface area contributed by atoms with Crippen LogP contribution >= 0.6 is 23.5 Å². The average Bonchev–Trinajstić information content (AvgIpc) is 3.39. The molecule has 1 aliphatic carbocycles. The second-order valence-corrected chi connectivity index (χ2v) is 9.37. The first kappa shape index (κ1) is 17.5. The lowest BCUT2D eigenvalue weighted by molar-refractivity contribution is 0.692. The Morgan fingerprint density at radius 1 is 1.37 bits per heavy atom. The zero-order valence-corrected chi connectivity index (χ0v) is 17.2. The predicted molar refractivity (Wildman–Crippen MR) is 112 cm³/mol. The number of allylic oxidation sites excluding steroid dienone is 1. The quantitative estimate of drug-likeness (QED) is 0.505. The minimum Gasteiger partial charge on any atom is -0.274 e. The molecule has 0 saturated heterocycles. The third-order valence-corrected chi connectivity index (χ3v) is 7.78. The van der Waals surface area contributed by atoms with Crippen LogP contribution in [-0.2, 0) is 0 Å². The van der Waals surface area contributed by atoms with Gasteiger partial charge in [0, 0.05) is 11.5 Å². The first-order chi connectivity index (χ1) is 13.3. The molecule has 2 aliphatic heterocycles. The number of unbranched alkanes of at least 4 members (excludes halogenated alkanes) is 1. The second-order valence-electron chi connectivity index (χ2n) is 7.26. The van der Waals surface area contributed by atoms with Gasteiger partial charge in [-0.1, -0.05) is 48.5 Å². The van der Waals surface area contributed by atoms with E-state index < -0.39 is 0 Å². The summed E-state index contributed by atoms with van der Waals surface area (Å²) in [7, 11) is 0. The molecule has 0 aromatic carbocycles. The van der Waals surface area contributed by atoms with E-state index in [4.69, 9.17) is 9.98 Å². The number of rotatable bonds is 6. The Kier molecular flexibility index (Phi) is 4.60. The van der Waals surface area contributed by atoms with E-state index in [0.717, 1.165) is 28.7 Å². The van der Waals surface area contributed by atoms with Crippen LogP contribution in [-0.4, -0.2) is 36.4 Å². The molecule has 0 bridgehead atoms. The van der Waals surface area contributed by atoms with Crippen molar-refractivity contribution in [2.75, 3.05) is 5.75 Å². The van der Waals surface area contributed by atoms with E-state index >= 15 is 0 Å². The van der Waals surface area contributed by atoms with Crippen molar-refractivity contribution in [1.82, 2.24) is 19.6 Å². The summed E-state index contributed by atoms with van der Waals surface area (Å²) in [4.78, 5) is 11.3. The molecule has 0 spiro atoms. The van der Waals surface area contributed by atoms with Crippen LogP contribution in [0.4, 0.5) is 0 Å². The molecule has 2 aromatic heterocycles. The van der Waals surface area contributed by atoms with Crippen molar-refractivity contribution < 1.29 is 0 Å². The van der Waals surface area contributed by atoms with E-state index in [9.17, 15) is 0 Å². The standard InChI is InChI=1S/C20H23N5S2/c1-3-5-9-14-12-7-6-8-13(12)15-16-17(27-19(15)22-14)18-23-24-20(26-10-4-2)25(18)11-21-16/h4,11,15,19H,2-3,5-10H2,1H3/t15-,19+/m1/s1. The fourth-order valence-electron chi connectivity index (χ4n) is 4.39. The van der Waals surface area contributed by atoms with Crippen molar-refractivity contribution in [1.29, 1.82) is 0 Å². The molecule has 0 saturated carbocycles. The van der Waals surface area contributed by atoms with Crippen LogP contribution in [0.5, 0.6) is 0 Å². The molecule has 0 amide bonds. The number of dihydropyridines is 1. The third-order valence-electron chi connectivity index (χ3n) is 5.60. The fourth-order valence-corrected chi connectivity index (χ4v) is 6.42. The van der Waals surface area contributed by atoms with Crippen molar-refractivity contribution in [3.05, 3.63) is 35.8 Å². The zero-order valence-electron chi connectivity index (χ0n) is 15.5. The highest BCUT2D eigenvalue weighted by Gasteiger charge is 2.44. The van der Waals surface area contributed by atoms with Crippen LogP contribution in [0.25, 0.3) is 5.65 Å². The van der Waals surface area contributed by atoms with E-state index in [-0.39, 0.29) is 5.37 Å². The highest BCUT2D eigenvalue weighted by molar-refractivity contribution is 8.00. The Morgan fingerprint density at radius 3 is 3.15 bits per heavy atom. The Hall–Kier alpha value is -1.60. The van der Waals surface area contributed by atoms with Crippen molar-refractivity contribution in [2.45, 2.75) is 66.8 Å². The SMILES string of the molecule is C=CCSc1nnc2c3c(ncn12)[C@H]1C2=C(CCC2)C(CCCC)=N[C@H]1S3. The van der Waals surface area contributed by atoms with Gasteiger partial charge >= 0.3 is 0 Å². The lowest BCUT2D eigenvalue weighted by atomic mass is 9.87. The van der Waals surface area contributed by atoms with Gasteiger partial charge in [0.1, 0.15) is 11.7 Å². The highest BCUT2D eigenvalue weighted by Crippen LogP contribution is 2.55. The molecule has 27 heavy (non-hydrogen) atoms. The smallest absolute Gasteiger partial charge is 0.197 e. The topological polar surface area (TPSA) is 55.4 Å². The Morgan fingerprint density at radius 2 is 2.30 bits per heavy atom. The van der Waals surface area contributed by atoms with Gasteiger partial charge in [-0.15, -0.1) is 16.8 Å². The Balaban J connectivity index is 1.56. The molecule has 3 aliphatic rings. The van der Waals surface area contributed by atoms with Crippen LogP contribution in [0.3, 0.4) is 0 Å². The minimum absolute atomic E-state index is 0.225. The molecule has 140 valence electrons. The largest absolute Gasteiger partial charge is 0.274 e. The molecule has 4 heterocycles. The number of thioether (sulfide) groups is 2. The fraction of sp³-hybridized carbons (Fsp3) is 0.500. The number of hydrogen-bond donors (Lipinski definition) is 0. The van der Waals surface area contributed by atoms with Gasteiger partial charge in [-0.25, -0.2) is 4.98 Å². The van der Waals surface area contributed by atoms with E-state index in [1.165, 1.54) is 42.7 Å². The number of hydrogen-bond acceptors (Lipinski definition) is 6. The number of aromatic nitrogens is 4. The van der Waals surface area contributed by atoms with Crippen LogP contribution in [0.2, 0.25) is 0 Å². The molecule has 5 rings (SSSR count). The summed E-state index contributed by atoms with van der Waals surface area (Å²) in [5, 5.41) is 9.97. The summed E-state index contributed by atoms with van der Waals surface area (Å²) in [6.07, 6.45) is 11.0. The number of nitrogens with zero attached hydrogens (tertiary/aromatic N) is 5. The van der Waals surface area contributed by atoms with Crippen molar-refractivity contribution >= 4 is 34.9 Å². The maximum Gasteiger partial charge on any atom is 0.197 e. The molecule has 2 atom stereocenters. The van der Waals surface area contributed by atoms with Gasteiger partial charge < -0.3 is 0 Å². The Bertz CT molecular complexity index is 974. The first-order valence-corrected chi connectivity index (χ1v) is 11.6. The predicted octanol–water partition coefficient (Wildman–Crippen LogP) is 5.04. The van der Waals surface area contributed by atoms with Gasteiger partial charge in [0.25, 0.3) is 0 Å². The van der Waals surface area contributed by atoms with Crippen molar-refractivity contribution in [3.8, 4) is 0 Å². The molecule has 2 aromatic rings. The summed E-state index contributed by atoms with van der Waals surface area (Å²) < 4.78 is 2.02. The summed E-state index contributed by atoms with van der Waals surface area (Å²) in [6, 6.07) is 0. The van der Waals surface area contributed by atoms with Gasteiger partial charge in [0.05, 0.1) is 16.5 Å². The van der Waals surface area contributed by atoms with Crippen LogP contribution in [0, 0.1) is 0 Å². The second kappa shape index (κ2) is 7.09. The summed E-state index contributed by atoms with van der Waals surface area (Å²) in [5.74, 6) is 1.15. The van der Waals surface area contributed by atoms with Crippen molar-refractivity contribution in [3.63, 3.8) is 0 Å². The van der Waals surface area contributed by atoms with Gasteiger partial charge in [0.2, 0.25) is 0 Å². The Labute approximate surface area is 167 Å². The molecule has 0 fully saturated rings. The lowest BCUT2D eigenvalue weighted by Crippen LogP contribution is -2.21. The molecule has 0 radical (unpaired) electrons. The molecule has 0 unspecified atom stereocenters. The van der Waals surface area contributed by atoms with E-state index in [1.807, 2.05) is 28.6 Å². The van der Waals surface area contributed by atoms with Crippen molar-refractivity contribution in [2.24, 2.45) is 4.99 Å². The number of aliphatic imine (C=N–C) groups is 1. The summed E-state index contributed by atoms with van der Waals surface area (Å²) in [5.41, 5.74) is 6.60. The summed E-state index contributed by atoms with van der Waals surface area (Å²) in [6.45, 7) is 6.04. The maximum atomic E-state index is 5.21. The third kappa shape index (κ3) is 2.78. The van der Waals surface area contributed by atoms with Crippen LogP contribution < -0.4 is 0 Å². The van der Waals surface area contributed by atoms with Crippen LogP contribution in [0.1, 0.15) is 57.1 Å². The first-order valence-electron chi connectivity index (χ1n) is 9.74. The monoisotopic (exact) mass is 397 g/mol. The number of fused-ring (bicyclic) bond motifs is 6. The average molecular weight is 398 g/mol. The van der Waals surface area contributed by atoms with E-state index in [0.29, 0.717) is 5.92 Å². The van der Waals surface area contributed by atoms with E-state index in [2.05, 4.69) is 23.7 Å². The van der Waals surface area contributed by atoms with Gasteiger partial charge in [-0.2, -0.15) is 0 Å².